The van der Waals surface area contributed by atoms with E-state index in [2.05, 4.69) is 5.32 Å². The summed E-state index contributed by atoms with van der Waals surface area (Å²) in [5.74, 6) is 0. The standard InChI is InChI=1S/C11H15ClN2OS/c1-8(16-3)14(2)11(15)13-10-6-4-9(12)5-7-10/h4-8H,1-3H3,(H,13,15). The van der Waals surface area contributed by atoms with Crippen molar-refractivity contribution in [2.45, 2.75) is 12.3 Å². The van der Waals surface area contributed by atoms with Crippen LogP contribution in [-0.4, -0.2) is 29.6 Å². The number of carbonyl (C=O) groups is 1. The highest BCUT2D eigenvalue weighted by Crippen LogP contribution is 2.15. The lowest BCUT2D eigenvalue weighted by Crippen LogP contribution is -2.36. The predicted octanol–water partition coefficient (Wildman–Crippen LogP) is 3.51. The molecule has 0 radical (unpaired) electrons. The SMILES string of the molecule is CSC(C)N(C)C(=O)Nc1ccc(Cl)cc1. The van der Waals surface area contributed by atoms with Gasteiger partial charge in [0.2, 0.25) is 0 Å². The van der Waals surface area contributed by atoms with Gasteiger partial charge in [-0.15, -0.1) is 11.8 Å². The van der Waals surface area contributed by atoms with E-state index in [9.17, 15) is 4.79 Å². The molecule has 0 aliphatic carbocycles. The van der Waals surface area contributed by atoms with Crippen LogP contribution in [0, 0.1) is 0 Å². The molecule has 0 aliphatic heterocycles. The first-order chi connectivity index (χ1) is 7.54. The zero-order chi connectivity index (χ0) is 12.1. The number of urea groups is 1. The first-order valence-corrected chi connectivity index (χ1v) is 6.53. The summed E-state index contributed by atoms with van der Waals surface area (Å²) in [5.41, 5.74) is 0.745. The number of hydrogen-bond donors (Lipinski definition) is 1. The molecule has 0 saturated heterocycles. The van der Waals surface area contributed by atoms with E-state index in [1.807, 2.05) is 13.2 Å². The average molecular weight is 259 g/mol. The lowest BCUT2D eigenvalue weighted by atomic mass is 10.3. The molecule has 0 spiro atoms. The predicted molar refractivity (Wildman–Crippen MR) is 71.2 cm³/mol. The van der Waals surface area contributed by atoms with Gasteiger partial charge in [0.15, 0.2) is 0 Å². The van der Waals surface area contributed by atoms with Gasteiger partial charge < -0.3 is 10.2 Å². The molecule has 3 nitrogen and oxygen atoms in total. The highest BCUT2D eigenvalue weighted by atomic mass is 35.5. The molecule has 16 heavy (non-hydrogen) atoms. The van der Waals surface area contributed by atoms with Gasteiger partial charge in [0.05, 0.1) is 5.37 Å². The van der Waals surface area contributed by atoms with Crippen LogP contribution in [0.1, 0.15) is 6.92 Å². The molecule has 88 valence electrons. The van der Waals surface area contributed by atoms with Crippen molar-refractivity contribution in [3.8, 4) is 0 Å². The van der Waals surface area contributed by atoms with Gasteiger partial charge in [-0.25, -0.2) is 4.79 Å². The first kappa shape index (κ1) is 13.2. The van der Waals surface area contributed by atoms with Gasteiger partial charge in [0, 0.05) is 17.8 Å². The molecule has 0 fully saturated rings. The summed E-state index contributed by atoms with van der Waals surface area (Å²) >= 11 is 7.38. The van der Waals surface area contributed by atoms with Gasteiger partial charge in [-0.1, -0.05) is 11.6 Å². The number of nitrogens with one attached hydrogen (secondary N) is 1. The smallest absolute Gasteiger partial charge is 0.316 e. The quantitative estimate of drug-likeness (QED) is 0.842. The Morgan fingerprint density at radius 3 is 2.50 bits per heavy atom. The van der Waals surface area contributed by atoms with E-state index < -0.39 is 0 Å². The molecule has 1 atom stereocenters. The Kier molecular flexibility index (Phi) is 4.96. The van der Waals surface area contributed by atoms with Crippen molar-refractivity contribution in [1.29, 1.82) is 0 Å². The molecule has 1 aromatic carbocycles. The zero-order valence-corrected chi connectivity index (χ0v) is 11.1. The molecule has 1 unspecified atom stereocenters. The molecule has 2 amide bonds. The number of halogens is 1. The monoisotopic (exact) mass is 258 g/mol. The van der Waals surface area contributed by atoms with Crippen LogP contribution in [0.25, 0.3) is 0 Å². The first-order valence-electron chi connectivity index (χ1n) is 4.86. The Morgan fingerprint density at radius 1 is 1.44 bits per heavy atom. The third-order valence-corrected chi connectivity index (χ3v) is 3.55. The number of rotatable bonds is 3. The fourth-order valence-electron chi connectivity index (χ4n) is 1.07. The van der Waals surface area contributed by atoms with E-state index >= 15 is 0 Å². The van der Waals surface area contributed by atoms with E-state index in [-0.39, 0.29) is 11.4 Å². The van der Waals surface area contributed by atoms with E-state index in [4.69, 9.17) is 11.6 Å². The summed E-state index contributed by atoms with van der Waals surface area (Å²) in [7, 11) is 1.77. The van der Waals surface area contributed by atoms with Crippen molar-refractivity contribution in [3.63, 3.8) is 0 Å². The summed E-state index contributed by atoms with van der Waals surface area (Å²) in [6, 6.07) is 6.92. The molecule has 0 heterocycles. The molecule has 0 bridgehead atoms. The minimum atomic E-state index is -0.121. The second kappa shape index (κ2) is 6.01. The highest BCUT2D eigenvalue weighted by Gasteiger charge is 2.14. The maximum absolute atomic E-state index is 11.8. The number of benzene rings is 1. The topological polar surface area (TPSA) is 32.3 Å². The van der Waals surface area contributed by atoms with E-state index in [0.29, 0.717) is 5.02 Å². The van der Waals surface area contributed by atoms with Gasteiger partial charge in [-0.3, -0.25) is 0 Å². The number of thioether (sulfide) groups is 1. The minimum Gasteiger partial charge on any atom is -0.316 e. The summed E-state index contributed by atoms with van der Waals surface area (Å²) < 4.78 is 0. The van der Waals surface area contributed by atoms with Crippen LogP contribution in [0.3, 0.4) is 0 Å². The molecule has 5 heteroatoms. The van der Waals surface area contributed by atoms with Crippen LogP contribution < -0.4 is 5.32 Å². The summed E-state index contributed by atoms with van der Waals surface area (Å²) in [4.78, 5) is 13.4. The number of carbonyl (C=O) groups excluding carboxylic acids is 1. The molecule has 0 aromatic heterocycles. The fraction of sp³-hybridized carbons (Fsp3) is 0.364. The van der Waals surface area contributed by atoms with Crippen LogP contribution in [0.2, 0.25) is 5.02 Å². The van der Waals surface area contributed by atoms with E-state index in [0.717, 1.165) is 5.69 Å². The number of amides is 2. The molecule has 0 saturated carbocycles. The van der Waals surface area contributed by atoms with Crippen LogP contribution in [0.5, 0.6) is 0 Å². The molecular formula is C11H15ClN2OS. The number of hydrogen-bond acceptors (Lipinski definition) is 2. The summed E-state index contributed by atoms with van der Waals surface area (Å²) in [6.45, 7) is 1.98. The lowest BCUT2D eigenvalue weighted by Gasteiger charge is -2.23. The number of anilines is 1. The maximum Gasteiger partial charge on any atom is 0.322 e. The highest BCUT2D eigenvalue weighted by molar-refractivity contribution is 7.99. The zero-order valence-electron chi connectivity index (χ0n) is 9.53. The van der Waals surface area contributed by atoms with Crippen LogP contribution >= 0.6 is 23.4 Å². The third kappa shape index (κ3) is 3.61. The third-order valence-electron chi connectivity index (χ3n) is 2.30. The maximum atomic E-state index is 11.8. The van der Waals surface area contributed by atoms with Crippen molar-refractivity contribution in [2.24, 2.45) is 0 Å². The Balaban J connectivity index is 2.60. The Labute approximate surface area is 105 Å². The van der Waals surface area contributed by atoms with Gasteiger partial charge in [0.1, 0.15) is 0 Å². The van der Waals surface area contributed by atoms with Crippen molar-refractivity contribution < 1.29 is 4.79 Å². The second-order valence-corrected chi connectivity index (χ2v) is 4.97. The van der Waals surface area contributed by atoms with Crippen molar-refractivity contribution in [3.05, 3.63) is 29.3 Å². The van der Waals surface area contributed by atoms with Gasteiger partial charge in [-0.2, -0.15) is 0 Å². The lowest BCUT2D eigenvalue weighted by molar-refractivity contribution is 0.221. The van der Waals surface area contributed by atoms with E-state index in [1.165, 1.54) is 0 Å². The normalized spacial score (nSPS) is 12.0. The van der Waals surface area contributed by atoms with Crippen LogP contribution in [-0.2, 0) is 0 Å². The van der Waals surface area contributed by atoms with Crippen molar-refractivity contribution in [1.82, 2.24) is 4.90 Å². The Hall–Kier alpha value is -0.870. The van der Waals surface area contributed by atoms with Gasteiger partial charge in [0.25, 0.3) is 0 Å². The molecular weight excluding hydrogens is 244 g/mol. The average Bonchev–Trinajstić information content (AvgIpc) is 2.30. The summed E-state index contributed by atoms with van der Waals surface area (Å²) in [6.07, 6.45) is 1.97. The second-order valence-electron chi connectivity index (χ2n) is 3.38. The molecule has 1 aromatic rings. The summed E-state index contributed by atoms with van der Waals surface area (Å²) in [5, 5.41) is 3.60. The largest absolute Gasteiger partial charge is 0.322 e. The Bertz CT molecular complexity index is 356. The molecule has 1 rings (SSSR count). The van der Waals surface area contributed by atoms with Gasteiger partial charge >= 0.3 is 6.03 Å². The fourth-order valence-corrected chi connectivity index (χ4v) is 1.61. The van der Waals surface area contributed by atoms with Crippen LogP contribution in [0.4, 0.5) is 10.5 Å². The van der Waals surface area contributed by atoms with Crippen LogP contribution in [0.15, 0.2) is 24.3 Å². The number of nitrogens with zero attached hydrogens (tertiary/aromatic N) is 1. The minimum absolute atomic E-state index is 0.121. The molecule has 1 N–H and O–H groups in total. The van der Waals surface area contributed by atoms with Crippen molar-refractivity contribution >= 4 is 35.1 Å². The van der Waals surface area contributed by atoms with Gasteiger partial charge in [-0.05, 0) is 37.4 Å². The molecule has 0 aliphatic rings. The van der Waals surface area contributed by atoms with Crippen molar-refractivity contribution in [2.75, 3.05) is 18.6 Å². The Morgan fingerprint density at radius 2 is 2.00 bits per heavy atom. The van der Waals surface area contributed by atoms with E-state index in [1.54, 1.807) is 48.0 Å².